The molecule has 1 aliphatic rings. The average Bonchev–Trinajstić information content (AvgIpc) is 3.02. The third-order valence-corrected chi connectivity index (χ3v) is 3.77. The standard InChI is InChI=1S/C14H24N4O2/c1-4-17-9-12(13(10-17)20-3)16-14(19)5-6-18-8-11(2)7-15-18/h7-8,12-13H,4-6,9-10H2,1-3H3,(H,16,19)/t12-,13-/m0/s1. The van der Waals surface area contributed by atoms with Crippen molar-refractivity contribution in [3.05, 3.63) is 18.0 Å². The second-order valence-corrected chi connectivity index (χ2v) is 5.33. The van der Waals surface area contributed by atoms with Crippen molar-refractivity contribution < 1.29 is 9.53 Å². The molecular formula is C14H24N4O2. The lowest BCUT2D eigenvalue weighted by atomic mass is 10.2. The van der Waals surface area contributed by atoms with Gasteiger partial charge in [0, 0.05) is 39.4 Å². The molecule has 0 bridgehead atoms. The summed E-state index contributed by atoms with van der Waals surface area (Å²) in [6, 6.07) is 0.0896. The predicted octanol–water partition coefficient (Wildman–Crippen LogP) is 0.417. The Morgan fingerprint density at radius 1 is 1.55 bits per heavy atom. The Balaban J connectivity index is 1.78. The van der Waals surface area contributed by atoms with Gasteiger partial charge in [-0.3, -0.25) is 14.4 Å². The van der Waals surface area contributed by atoms with Gasteiger partial charge in [-0.05, 0) is 19.0 Å². The molecule has 112 valence electrons. The number of likely N-dealkylation sites (tertiary alicyclic amines) is 1. The summed E-state index contributed by atoms with van der Waals surface area (Å²) in [6.07, 6.45) is 4.28. The van der Waals surface area contributed by atoms with Gasteiger partial charge in [-0.1, -0.05) is 6.92 Å². The molecule has 1 amide bonds. The zero-order valence-corrected chi connectivity index (χ0v) is 12.5. The van der Waals surface area contributed by atoms with Crippen LogP contribution >= 0.6 is 0 Å². The highest BCUT2D eigenvalue weighted by Gasteiger charge is 2.32. The zero-order chi connectivity index (χ0) is 14.5. The van der Waals surface area contributed by atoms with E-state index in [0.717, 1.165) is 25.2 Å². The number of hydrogen-bond donors (Lipinski definition) is 1. The average molecular weight is 280 g/mol. The fourth-order valence-corrected chi connectivity index (χ4v) is 2.57. The summed E-state index contributed by atoms with van der Waals surface area (Å²) in [5, 5.41) is 7.25. The normalized spacial score (nSPS) is 23.1. The van der Waals surface area contributed by atoms with E-state index in [4.69, 9.17) is 4.74 Å². The number of likely N-dealkylation sites (N-methyl/N-ethyl adjacent to an activating group) is 1. The zero-order valence-electron chi connectivity index (χ0n) is 12.5. The molecule has 1 aromatic heterocycles. The van der Waals surface area contributed by atoms with Gasteiger partial charge in [0.05, 0.1) is 18.3 Å². The lowest BCUT2D eigenvalue weighted by Gasteiger charge is -2.18. The quantitative estimate of drug-likeness (QED) is 0.820. The third-order valence-electron chi connectivity index (χ3n) is 3.77. The van der Waals surface area contributed by atoms with Crippen molar-refractivity contribution in [2.45, 2.75) is 39.0 Å². The molecule has 1 aliphatic heterocycles. The molecule has 0 spiro atoms. The summed E-state index contributed by atoms with van der Waals surface area (Å²) in [5.41, 5.74) is 1.11. The van der Waals surface area contributed by atoms with Crippen LogP contribution in [0.4, 0.5) is 0 Å². The number of aryl methyl sites for hydroxylation is 2. The van der Waals surface area contributed by atoms with Gasteiger partial charge in [0.15, 0.2) is 0 Å². The first kappa shape index (κ1) is 15.0. The fraction of sp³-hybridized carbons (Fsp3) is 0.714. The Labute approximate surface area is 120 Å². The molecule has 20 heavy (non-hydrogen) atoms. The van der Waals surface area contributed by atoms with Crippen molar-refractivity contribution in [3.63, 3.8) is 0 Å². The van der Waals surface area contributed by atoms with Gasteiger partial charge in [-0.15, -0.1) is 0 Å². The van der Waals surface area contributed by atoms with E-state index in [0.29, 0.717) is 13.0 Å². The molecule has 1 aromatic rings. The van der Waals surface area contributed by atoms with Crippen molar-refractivity contribution in [2.75, 3.05) is 26.7 Å². The van der Waals surface area contributed by atoms with Crippen molar-refractivity contribution >= 4 is 5.91 Å². The van der Waals surface area contributed by atoms with Crippen LogP contribution in [0.25, 0.3) is 0 Å². The van der Waals surface area contributed by atoms with Crippen molar-refractivity contribution in [1.82, 2.24) is 20.0 Å². The number of rotatable bonds is 6. The molecule has 0 aliphatic carbocycles. The van der Waals surface area contributed by atoms with Crippen molar-refractivity contribution in [1.29, 1.82) is 0 Å². The number of nitrogens with zero attached hydrogens (tertiary/aromatic N) is 3. The predicted molar refractivity (Wildman–Crippen MR) is 76.4 cm³/mol. The molecule has 1 N–H and O–H groups in total. The molecule has 2 atom stereocenters. The highest BCUT2D eigenvalue weighted by atomic mass is 16.5. The molecule has 2 rings (SSSR count). The van der Waals surface area contributed by atoms with Gasteiger partial charge in [-0.25, -0.2) is 0 Å². The van der Waals surface area contributed by atoms with Crippen LogP contribution in [0.5, 0.6) is 0 Å². The Kier molecular flexibility index (Phi) is 5.14. The summed E-state index contributed by atoms with van der Waals surface area (Å²) >= 11 is 0. The molecule has 0 radical (unpaired) electrons. The number of nitrogens with one attached hydrogen (secondary N) is 1. The highest BCUT2D eigenvalue weighted by Crippen LogP contribution is 2.12. The van der Waals surface area contributed by atoms with Crippen LogP contribution in [0.2, 0.25) is 0 Å². The van der Waals surface area contributed by atoms with Crippen molar-refractivity contribution in [3.8, 4) is 0 Å². The van der Waals surface area contributed by atoms with Crippen molar-refractivity contribution in [2.24, 2.45) is 0 Å². The molecule has 6 heteroatoms. The molecule has 0 unspecified atom stereocenters. The Morgan fingerprint density at radius 2 is 2.35 bits per heavy atom. The van der Waals surface area contributed by atoms with Gasteiger partial charge < -0.3 is 10.1 Å². The lowest BCUT2D eigenvalue weighted by Crippen LogP contribution is -2.43. The summed E-state index contributed by atoms with van der Waals surface area (Å²) in [4.78, 5) is 14.3. The lowest BCUT2D eigenvalue weighted by molar-refractivity contribution is -0.122. The van der Waals surface area contributed by atoms with Gasteiger partial charge >= 0.3 is 0 Å². The Morgan fingerprint density at radius 3 is 2.95 bits per heavy atom. The number of amides is 1. The number of hydrogen-bond acceptors (Lipinski definition) is 4. The monoisotopic (exact) mass is 280 g/mol. The molecular weight excluding hydrogens is 256 g/mol. The number of ether oxygens (including phenoxy) is 1. The van der Waals surface area contributed by atoms with Crippen LogP contribution in [0, 0.1) is 6.92 Å². The minimum absolute atomic E-state index is 0.0585. The van der Waals surface area contributed by atoms with Gasteiger partial charge in [0.25, 0.3) is 0 Å². The molecule has 0 aromatic carbocycles. The molecule has 1 fully saturated rings. The SMILES string of the molecule is CCN1C[C@H](NC(=O)CCn2cc(C)cn2)[C@@H](OC)C1. The largest absolute Gasteiger partial charge is 0.378 e. The van der Waals surface area contributed by atoms with Crippen LogP contribution in [-0.4, -0.2) is 59.5 Å². The second kappa shape index (κ2) is 6.85. The maximum absolute atomic E-state index is 12.0. The first-order valence-electron chi connectivity index (χ1n) is 7.16. The molecule has 1 saturated heterocycles. The first-order chi connectivity index (χ1) is 9.62. The maximum atomic E-state index is 12.0. The maximum Gasteiger partial charge on any atom is 0.222 e. The summed E-state index contributed by atoms with van der Waals surface area (Å²) in [5.74, 6) is 0.0585. The Bertz CT molecular complexity index is 446. The van der Waals surface area contributed by atoms with Crippen LogP contribution in [0.3, 0.4) is 0 Å². The van der Waals surface area contributed by atoms with E-state index >= 15 is 0 Å². The summed E-state index contributed by atoms with van der Waals surface area (Å²) in [7, 11) is 1.70. The first-order valence-corrected chi connectivity index (χ1v) is 7.16. The molecule has 0 saturated carbocycles. The van der Waals surface area contributed by atoms with E-state index in [2.05, 4.69) is 22.2 Å². The summed E-state index contributed by atoms with van der Waals surface area (Å²) in [6.45, 7) is 7.46. The van der Waals surface area contributed by atoms with E-state index in [1.807, 2.05) is 13.1 Å². The minimum Gasteiger partial charge on any atom is -0.378 e. The van der Waals surface area contributed by atoms with Crippen LogP contribution < -0.4 is 5.32 Å². The fourth-order valence-electron chi connectivity index (χ4n) is 2.57. The molecule has 6 nitrogen and oxygen atoms in total. The topological polar surface area (TPSA) is 59.4 Å². The van der Waals surface area contributed by atoms with Gasteiger partial charge in [0.2, 0.25) is 5.91 Å². The van der Waals surface area contributed by atoms with Gasteiger partial charge in [0.1, 0.15) is 0 Å². The minimum atomic E-state index is 0.0585. The van der Waals surface area contributed by atoms with E-state index in [1.165, 1.54) is 0 Å². The van der Waals surface area contributed by atoms with Crippen LogP contribution in [0.15, 0.2) is 12.4 Å². The highest BCUT2D eigenvalue weighted by molar-refractivity contribution is 5.76. The Hall–Kier alpha value is -1.40. The van der Waals surface area contributed by atoms with Crippen LogP contribution in [0.1, 0.15) is 18.9 Å². The molecule has 2 heterocycles. The number of aromatic nitrogens is 2. The smallest absolute Gasteiger partial charge is 0.222 e. The number of carbonyl (C=O) groups excluding carboxylic acids is 1. The number of carbonyl (C=O) groups is 1. The second-order valence-electron chi connectivity index (χ2n) is 5.33. The third kappa shape index (κ3) is 3.80. The number of methoxy groups -OCH3 is 1. The van der Waals surface area contributed by atoms with Gasteiger partial charge in [-0.2, -0.15) is 5.10 Å². The summed E-state index contributed by atoms with van der Waals surface area (Å²) < 4.78 is 7.25. The van der Waals surface area contributed by atoms with E-state index in [9.17, 15) is 4.79 Å². The van der Waals surface area contributed by atoms with E-state index in [-0.39, 0.29) is 18.1 Å². The van der Waals surface area contributed by atoms with Crippen LogP contribution in [-0.2, 0) is 16.1 Å². The van der Waals surface area contributed by atoms with E-state index < -0.39 is 0 Å². The van der Waals surface area contributed by atoms with E-state index in [1.54, 1.807) is 18.0 Å².